The maximum atomic E-state index is 12.5. The summed E-state index contributed by atoms with van der Waals surface area (Å²) in [6.45, 7) is 6.36. The van der Waals surface area contributed by atoms with Gasteiger partial charge in [0.25, 0.3) is 0 Å². The molecule has 23 heavy (non-hydrogen) atoms. The number of benzene rings is 2. The van der Waals surface area contributed by atoms with E-state index in [9.17, 15) is 4.79 Å². The van der Waals surface area contributed by atoms with Gasteiger partial charge in [-0.15, -0.1) is 0 Å². The first-order chi connectivity index (χ1) is 11.2. The van der Waals surface area contributed by atoms with Gasteiger partial charge in [0.2, 0.25) is 5.91 Å². The van der Waals surface area contributed by atoms with Crippen molar-refractivity contribution in [3.05, 3.63) is 65.7 Å². The Kier molecular flexibility index (Phi) is 4.77. The summed E-state index contributed by atoms with van der Waals surface area (Å²) >= 11 is 0. The van der Waals surface area contributed by atoms with Crippen LogP contribution in [0.3, 0.4) is 0 Å². The average Bonchev–Trinajstić information content (AvgIpc) is 2.58. The van der Waals surface area contributed by atoms with E-state index in [-0.39, 0.29) is 5.91 Å². The maximum absolute atomic E-state index is 12.5. The highest BCUT2D eigenvalue weighted by atomic mass is 16.2. The number of piperazine rings is 1. The predicted molar refractivity (Wildman–Crippen MR) is 94.7 cm³/mol. The molecule has 2 aromatic carbocycles. The number of carbonyl (C=O) groups is 1. The van der Waals surface area contributed by atoms with Crippen LogP contribution in [0.2, 0.25) is 0 Å². The Balaban J connectivity index is 1.80. The summed E-state index contributed by atoms with van der Waals surface area (Å²) in [6, 6.07) is 19.1. The molecule has 1 amide bonds. The van der Waals surface area contributed by atoms with Crippen molar-refractivity contribution in [2.75, 3.05) is 24.5 Å². The molecule has 1 unspecified atom stereocenters. The van der Waals surface area contributed by atoms with E-state index >= 15 is 0 Å². The van der Waals surface area contributed by atoms with Crippen LogP contribution in [0.1, 0.15) is 18.1 Å². The fourth-order valence-electron chi connectivity index (χ4n) is 3.24. The topological polar surface area (TPSA) is 23.6 Å². The molecule has 120 valence electrons. The average molecular weight is 308 g/mol. The molecule has 0 radical (unpaired) electrons. The maximum Gasteiger partial charge on any atom is 0.241 e. The predicted octanol–water partition coefficient (Wildman–Crippen LogP) is 3.27. The SMILES string of the molecule is CCN1CC(=O)N(c2ccc(C)cc2)CC1Cc1ccccc1. The molecule has 1 atom stereocenters. The third-order valence-corrected chi connectivity index (χ3v) is 4.62. The summed E-state index contributed by atoms with van der Waals surface area (Å²) in [6.07, 6.45) is 0.977. The van der Waals surface area contributed by atoms with E-state index in [1.165, 1.54) is 11.1 Å². The molecule has 1 heterocycles. The zero-order chi connectivity index (χ0) is 16.2. The first-order valence-corrected chi connectivity index (χ1v) is 8.32. The van der Waals surface area contributed by atoms with Crippen LogP contribution in [0.25, 0.3) is 0 Å². The Hall–Kier alpha value is -2.13. The number of anilines is 1. The first-order valence-electron chi connectivity index (χ1n) is 8.32. The fraction of sp³-hybridized carbons (Fsp3) is 0.350. The number of nitrogens with zero attached hydrogens (tertiary/aromatic N) is 2. The second kappa shape index (κ2) is 6.97. The molecular formula is C20H24N2O. The van der Waals surface area contributed by atoms with Crippen molar-refractivity contribution in [1.29, 1.82) is 0 Å². The van der Waals surface area contributed by atoms with Crippen molar-refractivity contribution in [3.8, 4) is 0 Å². The largest absolute Gasteiger partial charge is 0.310 e. The van der Waals surface area contributed by atoms with E-state index in [0.717, 1.165) is 25.2 Å². The molecule has 1 fully saturated rings. The van der Waals surface area contributed by atoms with Crippen LogP contribution < -0.4 is 4.90 Å². The lowest BCUT2D eigenvalue weighted by Crippen LogP contribution is -2.57. The number of hydrogen-bond acceptors (Lipinski definition) is 2. The fourth-order valence-corrected chi connectivity index (χ4v) is 3.24. The van der Waals surface area contributed by atoms with Gasteiger partial charge in [0, 0.05) is 18.3 Å². The minimum atomic E-state index is 0.194. The number of likely N-dealkylation sites (N-methyl/N-ethyl adjacent to an activating group) is 1. The molecular weight excluding hydrogens is 284 g/mol. The highest BCUT2D eigenvalue weighted by molar-refractivity contribution is 5.95. The van der Waals surface area contributed by atoms with Crippen molar-refractivity contribution in [3.63, 3.8) is 0 Å². The van der Waals surface area contributed by atoms with Gasteiger partial charge in [-0.3, -0.25) is 9.69 Å². The highest BCUT2D eigenvalue weighted by Gasteiger charge is 2.31. The van der Waals surface area contributed by atoms with Gasteiger partial charge < -0.3 is 4.90 Å². The molecule has 1 aliphatic rings. The lowest BCUT2D eigenvalue weighted by Gasteiger charge is -2.40. The van der Waals surface area contributed by atoms with Gasteiger partial charge in [0.1, 0.15) is 0 Å². The van der Waals surface area contributed by atoms with E-state index in [2.05, 4.69) is 67.3 Å². The molecule has 1 saturated heterocycles. The number of aryl methyl sites for hydroxylation is 1. The Morgan fingerprint density at radius 2 is 1.74 bits per heavy atom. The third kappa shape index (κ3) is 3.62. The van der Waals surface area contributed by atoms with Crippen LogP contribution >= 0.6 is 0 Å². The first kappa shape index (κ1) is 15.8. The third-order valence-electron chi connectivity index (χ3n) is 4.62. The lowest BCUT2D eigenvalue weighted by molar-refractivity contribution is -0.122. The molecule has 0 aliphatic carbocycles. The van der Waals surface area contributed by atoms with Crippen molar-refractivity contribution in [2.45, 2.75) is 26.3 Å². The van der Waals surface area contributed by atoms with Crippen molar-refractivity contribution < 1.29 is 4.79 Å². The number of hydrogen-bond donors (Lipinski definition) is 0. The molecule has 0 spiro atoms. The summed E-state index contributed by atoms with van der Waals surface area (Å²) in [5.74, 6) is 0.194. The minimum Gasteiger partial charge on any atom is -0.310 e. The Labute approximate surface area is 138 Å². The van der Waals surface area contributed by atoms with Gasteiger partial charge in [-0.05, 0) is 37.6 Å². The van der Waals surface area contributed by atoms with Gasteiger partial charge >= 0.3 is 0 Å². The molecule has 0 aromatic heterocycles. The zero-order valence-corrected chi connectivity index (χ0v) is 13.9. The summed E-state index contributed by atoms with van der Waals surface area (Å²) in [5.41, 5.74) is 3.55. The smallest absolute Gasteiger partial charge is 0.241 e. The van der Waals surface area contributed by atoms with Gasteiger partial charge in [-0.1, -0.05) is 55.0 Å². The van der Waals surface area contributed by atoms with Crippen molar-refractivity contribution >= 4 is 11.6 Å². The standard InChI is InChI=1S/C20H24N2O/c1-3-21-15-20(23)22(18-11-9-16(2)10-12-18)14-19(21)13-17-7-5-4-6-8-17/h4-12,19H,3,13-15H2,1-2H3. The zero-order valence-electron chi connectivity index (χ0n) is 13.9. The van der Waals surface area contributed by atoms with E-state index in [1.54, 1.807) is 0 Å². The Morgan fingerprint density at radius 1 is 1.04 bits per heavy atom. The van der Waals surface area contributed by atoms with Crippen molar-refractivity contribution in [2.24, 2.45) is 0 Å². The Bertz CT molecular complexity index is 651. The molecule has 2 aromatic rings. The number of carbonyl (C=O) groups excluding carboxylic acids is 1. The van der Waals surface area contributed by atoms with Crippen LogP contribution in [0, 0.1) is 6.92 Å². The van der Waals surface area contributed by atoms with E-state index < -0.39 is 0 Å². The van der Waals surface area contributed by atoms with E-state index in [1.807, 2.05) is 11.0 Å². The Morgan fingerprint density at radius 3 is 2.39 bits per heavy atom. The summed E-state index contributed by atoms with van der Waals surface area (Å²) in [7, 11) is 0. The number of amides is 1. The van der Waals surface area contributed by atoms with Crippen LogP contribution in [0.4, 0.5) is 5.69 Å². The van der Waals surface area contributed by atoms with Gasteiger partial charge in [0.05, 0.1) is 6.54 Å². The minimum absolute atomic E-state index is 0.194. The number of rotatable bonds is 4. The van der Waals surface area contributed by atoms with Crippen LogP contribution in [-0.2, 0) is 11.2 Å². The molecule has 0 bridgehead atoms. The molecule has 0 saturated carbocycles. The molecule has 0 N–H and O–H groups in total. The molecule has 3 rings (SSSR count). The van der Waals surface area contributed by atoms with Crippen LogP contribution in [0.5, 0.6) is 0 Å². The van der Waals surface area contributed by atoms with Gasteiger partial charge in [-0.2, -0.15) is 0 Å². The monoisotopic (exact) mass is 308 g/mol. The van der Waals surface area contributed by atoms with E-state index in [4.69, 9.17) is 0 Å². The molecule has 3 nitrogen and oxygen atoms in total. The highest BCUT2D eigenvalue weighted by Crippen LogP contribution is 2.22. The normalized spacial score (nSPS) is 19.1. The lowest BCUT2D eigenvalue weighted by atomic mass is 10.0. The van der Waals surface area contributed by atoms with Crippen molar-refractivity contribution in [1.82, 2.24) is 4.90 Å². The summed E-state index contributed by atoms with van der Waals surface area (Å²) in [5, 5.41) is 0. The second-order valence-electron chi connectivity index (χ2n) is 6.25. The summed E-state index contributed by atoms with van der Waals surface area (Å²) < 4.78 is 0. The van der Waals surface area contributed by atoms with Gasteiger partial charge in [-0.25, -0.2) is 0 Å². The van der Waals surface area contributed by atoms with Crippen LogP contribution in [0.15, 0.2) is 54.6 Å². The van der Waals surface area contributed by atoms with E-state index in [0.29, 0.717) is 12.6 Å². The summed E-state index contributed by atoms with van der Waals surface area (Å²) in [4.78, 5) is 16.8. The second-order valence-corrected chi connectivity index (χ2v) is 6.25. The molecule has 3 heteroatoms. The quantitative estimate of drug-likeness (QED) is 0.865. The van der Waals surface area contributed by atoms with Gasteiger partial charge in [0.15, 0.2) is 0 Å². The molecule has 1 aliphatic heterocycles. The van der Waals surface area contributed by atoms with Crippen LogP contribution in [-0.4, -0.2) is 36.5 Å².